The second-order valence-corrected chi connectivity index (χ2v) is 26.4. The largest absolute Gasteiger partial charge is 0.489 e. The van der Waals surface area contributed by atoms with Gasteiger partial charge in [-0.25, -0.2) is 14.4 Å². The van der Waals surface area contributed by atoms with Crippen LogP contribution in [0.3, 0.4) is 0 Å². The molecule has 0 spiro atoms. The molecule has 518 valence electrons. The maximum atomic E-state index is 12.6. The van der Waals surface area contributed by atoms with E-state index in [9.17, 15) is 28.8 Å². The van der Waals surface area contributed by atoms with Crippen LogP contribution in [0, 0.1) is 0 Å². The van der Waals surface area contributed by atoms with E-state index in [1.807, 2.05) is 194 Å². The summed E-state index contributed by atoms with van der Waals surface area (Å²) >= 11 is 0. The molecule has 3 aromatic heterocycles. The predicted molar refractivity (Wildman–Crippen MR) is 389 cm³/mol. The third kappa shape index (κ3) is 19.5. The molecule has 100 heavy (non-hydrogen) atoms. The zero-order chi connectivity index (χ0) is 71.7. The summed E-state index contributed by atoms with van der Waals surface area (Å²) in [6.45, 7) is 0.615. The summed E-state index contributed by atoms with van der Waals surface area (Å²) in [5, 5.41) is 2.45. The van der Waals surface area contributed by atoms with Crippen molar-refractivity contribution in [3.63, 3.8) is 0 Å². The summed E-state index contributed by atoms with van der Waals surface area (Å²) in [7, 11) is 22.8. The van der Waals surface area contributed by atoms with Gasteiger partial charge < -0.3 is 51.6 Å². The second-order valence-electron chi connectivity index (χ2n) is 26.4. The van der Waals surface area contributed by atoms with Gasteiger partial charge in [0.1, 0.15) is 58.9 Å². The maximum absolute atomic E-state index is 12.6. The zero-order valence-electron chi connectivity index (χ0n) is 58.8. The van der Waals surface area contributed by atoms with E-state index in [2.05, 4.69) is 63.4 Å². The van der Waals surface area contributed by atoms with Gasteiger partial charge in [-0.2, -0.15) is 0 Å². The molecule has 0 unspecified atom stereocenters. The number of para-hydroxylation sites is 1. The van der Waals surface area contributed by atoms with E-state index in [0.29, 0.717) is 55.2 Å². The molecule has 0 radical (unpaired) electrons. The minimum absolute atomic E-state index is 0.0479. The molecular weight excluding hydrogens is 1270 g/mol. The standard InChI is InChI=1S/2C29H31N2O5.C22H25N2O4/c2*1-31(2,3)24-12-10-21(11-13-24)16-28(32)36-20-30-26-15-14-25(35-19-22-8-6-5-7-9-22)17-23(26)18-27(30)29(33)34-4;1-24(2,3)18-11-9-16(10-12-18)13-21(25)28-15-23-19-8-6-5-7-17(19)14-20(23)22(26)27-4/h2*5-15,17-18H,16,19-20H2,1-4H3;5-12,14H,13,15H2,1-4H3/q3*+1. The van der Waals surface area contributed by atoms with Gasteiger partial charge in [0.05, 0.1) is 121 Å². The van der Waals surface area contributed by atoms with E-state index in [1.54, 1.807) is 31.9 Å². The summed E-state index contributed by atoms with van der Waals surface area (Å²) in [4.78, 5) is 74.4. The quantitative estimate of drug-likeness (QED) is 0.0315. The van der Waals surface area contributed by atoms with Gasteiger partial charge >= 0.3 is 35.8 Å². The maximum Gasteiger partial charge on any atom is 0.354 e. The number of fused-ring (bicyclic) bond motifs is 3. The van der Waals surface area contributed by atoms with Crippen molar-refractivity contribution in [2.75, 3.05) is 84.8 Å². The Morgan fingerprint density at radius 1 is 0.310 bits per heavy atom. The highest BCUT2D eigenvalue weighted by Crippen LogP contribution is 2.30. The van der Waals surface area contributed by atoms with Crippen LogP contribution in [-0.4, -0.2) is 134 Å². The predicted octanol–water partition coefficient (Wildman–Crippen LogP) is 13.3. The van der Waals surface area contributed by atoms with Gasteiger partial charge in [-0.15, -0.1) is 0 Å². The van der Waals surface area contributed by atoms with Crippen LogP contribution < -0.4 is 22.9 Å². The number of aromatic nitrogens is 3. The summed E-state index contributed by atoms with van der Waals surface area (Å²) < 4.78 is 50.2. The van der Waals surface area contributed by atoms with Crippen LogP contribution in [-0.2, 0) is 95.5 Å². The molecule has 8 aromatic carbocycles. The Kier molecular flexibility index (Phi) is 23.9. The molecule has 20 nitrogen and oxygen atoms in total. The molecule has 11 aromatic rings. The monoisotopic (exact) mass is 1360 g/mol. The van der Waals surface area contributed by atoms with Crippen LogP contribution in [0.25, 0.3) is 32.7 Å². The van der Waals surface area contributed by atoms with E-state index in [0.717, 1.165) is 77.6 Å². The van der Waals surface area contributed by atoms with Crippen molar-refractivity contribution in [3.8, 4) is 11.5 Å². The summed E-state index contributed by atoms with van der Waals surface area (Å²) in [5.74, 6) is -1.25. The van der Waals surface area contributed by atoms with E-state index < -0.39 is 17.9 Å². The molecule has 11 rings (SSSR count). The fourth-order valence-corrected chi connectivity index (χ4v) is 10.9. The Morgan fingerprint density at radius 3 is 0.910 bits per heavy atom. The number of benzene rings is 8. The number of rotatable bonds is 24. The first-order valence-corrected chi connectivity index (χ1v) is 32.4. The van der Waals surface area contributed by atoms with E-state index >= 15 is 0 Å². The van der Waals surface area contributed by atoms with Crippen LogP contribution in [0.5, 0.6) is 11.5 Å². The van der Waals surface area contributed by atoms with Crippen molar-refractivity contribution in [1.82, 2.24) is 27.2 Å². The molecule has 0 aliphatic rings. The number of ether oxygens (including phenoxy) is 8. The Bertz CT molecular complexity index is 4420. The molecule has 0 aliphatic heterocycles. The minimum atomic E-state index is -0.509. The topological polar surface area (TPSA) is 191 Å². The number of hydrogen-bond donors (Lipinski definition) is 0. The van der Waals surface area contributed by atoms with Gasteiger partial charge in [0.25, 0.3) is 0 Å². The smallest absolute Gasteiger partial charge is 0.354 e. The number of nitrogens with zero attached hydrogens (tertiary/aromatic N) is 6. The minimum Gasteiger partial charge on any atom is -0.489 e. The van der Waals surface area contributed by atoms with Crippen molar-refractivity contribution in [2.24, 2.45) is 0 Å². The SMILES string of the molecule is COC(=O)c1cc2cc(OCc3ccccc3)ccc2n1COC(=O)Cc1ccc([N+](C)(C)C)cc1.COC(=O)c1cc2cc(OCc3ccccc3)ccc2n1COC(=O)Cc1ccc([N+](C)(C)C)cc1.COC(=O)c1cc2ccccc2n1COC(=O)Cc1ccc([N+](C)(C)C)cc1. The Balaban J connectivity index is 0.000000177. The average Bonchev–Trinajstić information content (AvgIpc) is 1.67. The van der Waals surface area contributed by atoms with Gasteiger partial charge in [-0.1, -0.05) is 115 Å². The van der Waals surface area contributed by atoms with Crippen LogP contribution in [0.15, 0.2) is 212 Å². The van der Waals surface area contributed by atoms with Crippen LogP contribution >= 0.6 is 0 Å². The lowest BCUT2D eigenvalue weighted by molar-refractivity contribution is -0.147. The summed E-state index contributed by atoms with van der Waals surface area (Å²) in [6.07, 6.45) is 0.452. The van der Waals surface area contributed by atoms with E-state index in [1.165, 1.54) is 21.3 Å². The van der Waals surface area contributed by atoms with Gasteiger partial charge in [0.15, 0.2) is 20.2 Å². The molecule has 0 fully saturated rings. The lowest BCUT2D eigenvalue weighted by atomic mass is 10.1. The molecule has 0 atom stereocenters. The number of carbonyl (C=O) groups excluding carboxylic acids is 6. The molecular formula is C80H87N6O14+3. The second kappa shape index (κ2) is 32.8. The number of methoxy groups -OCH3 is 3. The number of carbonyl (C=O) groups is 6. The van der Waals surface area contributed by atoms with Crippen LogP contribution in [0.4, 0.5) is 17.1 Å². The number of quaternary nitrogens is 3. The lowest BCUT2D eigenvalue weighted by Gasteiger charge is -2.23. The van der Waals surface area contributed by atoms with E-state index in [4.69, 9.17) is 37.9 Å². The first-order chi connectivity index (χ1) is 47.8. The van der Waals surface area contributed by atoms with Crippen molar-refractivity contribution in [2.45, 2.75) is 52.7 Å². The molecule has 0 bridgehead atoms. The first kappa shape index (κ1) is 72.9. The fraction of sp³-hybridized carbons (Fsp3) is 0.250. The Hall–Kier alpha value is -11.3. The third-order valence-corrected chi connectivity index (χ3v) is 16.5. The average molecular weight is 1360 g/mol. The summed E-state index contributed by atoms with van der Waals surface area (Å²) in [5.41, 5.74) is 11.4. The first-order valence-electron chi connectivity index (χ1n) is 32.4. The van der Waals surface area contributed by atoms with Gasteiger partial charge in [-0.3, -0.25) is 27.8 Å². The Labute approximate surface area is 582 Å². The van der Waals surface area contributed by atoms with Crippen molar-refractivity contribution in [3.05, 3.63) is 257 Å². The molecule has 0 amide bonds. The van der Waals surface area contributed by atoms with Gasteiger partial charge in [0, 0.05) is 16.2 Å². The highest BCUT2D eigenvalue weighted by molar-refractivity contribution is 5.98. The van der Waals surface area contributed by atoms with Crippen molar-refractivity contribution in [1.29, 1.82) is 0 Å². The van der Waals surface area contributed by atoms with Crippen LogP contribution in [0.1, 0.15) is 59.3 Å². The summed E-state index contributed by atoms with van der Waals surface area (Å²) in [6, 6.07) is 67.2. The highest BCUT2D eigenvalue weighted by Gasteiger charge is 2.23. The highest BCUT2D eigenvalue weighted by atomic mass is 16.6. The molecule has 0 saturated carbocycles. The number of esters is 6. The molecule has 3 heterocycles. The molecule has 0 saturated heterocycles. The van der Waals surface area contributed by atoms with Crippen molar-refractivity contribution >= 4 is 85.6 Å². The lowest BCUT2D eigenvalue weighted by Crippen LogP contribution is -2.34. The van der Waals surface area contributed by atoms with Crippen LogP contribution in [0.2, 0.25) is 0 Å². The number of hydrogen-bond acceptors (Lipinski definition) is 14. The molecule has 20 heteroatoms. The fourth-order valence-electron chi connectivity index (χ4n) is 10.9. The Morgan fingerprint density at radius 2 is 0.600 bits per heavy atom. The van der Waals surface area contributed by atoms with E-state index in [-0.39, 0.29) is 57.4 Å². The van der Waals surface area contributed by atoms with Gasteiger partial charge in [-0.05, 0) is 125 Å². The van der Waals surface area contributed by atoms with Crippen molar-refractivity contribution < 1.29 is 66.7 Å². The molecule has 0 N–H and O–H groups in total. The molecule has 0 aliphatic carbocycles. The third-order valence-electron chi connectivity index (χ3n) is 16.5. The zero-order valence-corrected chi connectivity index (χ0v) is 58.8. The van der Waals surface area contributed by atoms with Gasteiger partial charge in [0.2, 0.25) is 0 Å². The normalized spacial score (nSPS) is 11.4.